The topological polar surface area (TPSA) is 21.3 Å². The third-order valence-corrected chi connectivity index (χ3v) is 3.76. The van der Waals surface area contributed by atoms with E-state index in [1.54, 1.807) is 7.11 Å². The lowest BCUT2D eigenvalue weighted by Gasteiger charge is -2.23. The van der Waals surface area contributed by atoms with Gasteiger partial charge >= 0.3 is 0 Å². The van der Waals surface area contributed by atoms with Crippen LogP contribution in [0.1, 0.15) is 33.1 Å². The first kappa shape index (κ1) is 12.3. The molecule has 1 saturated carbocycles. The molecule has 0 aromatic rings. The van der Waals surface area contributed by atoms with E-state index in [9.17, 15) is 0 Å². The highest BCUT2D eigenvalue weighted by molar-refractivity contribution is 6.18. The van der Waals surface area contributed by atoms with Crippen LogP contribution in [0.3, 0.4) is 0 Å². The molecule has 0 radical (unpaired) electrons. The smallest absolute Gasteiger partial charge is 0.0634 e. The standard InChI is InChI=1S/C11H22ClNO/c1-10(2,14-3)6-7-13-9-11(8-12)4-5-11/h13H,4-9H2,1-3H3. The largest absolute Gasteiger partial charge is 0.379 e. The van der Waals surface area contributed by atoms with Crippen LogP contribution in [0.25, 0.3) is 0 Å². The summed E-state index contributed by atoms with van der Waals surface area (Å²) in [7, 11) is 1.77. The van der Waals surface area contributed by atoms with Crippen molar-refractivity contribution in [3.05, 3.63) is 0 Å². The second-order valence-electron chi connectivity index (χ2n) is 5.02. The molecule has 0 aromatic carbocycles. The van der Waals surface area contributed by atoms with E-state index in [1.807, 2.05) is 0 Å². The van der Waals surface area contributed by atoms with E-state index >= 15 is 0 Å². The first-order valence-electron chi connectivity index (χ1n) is 5.35. The summed E-state index contributed by atoms with van der Waals surface area (Å²) in [4.78, 5) is 0. The molecule has 0 atom stereocenters. The molecular formula is C11H22ClNO. The van der Waals surface area contributed by atoms with Crippen molar-refractivity contribution in [2.45, 2.75) is 38.7 Å². The zero-order valence-corrected chi connectivity index (χ0v) is 10.3. The Balaban J connectivity index is 2.05. The minimum atomic E-state index is -0.00925. The van der Waals surface area contributed by atoms with Gasteiger partial charge in [-0.25, -0.2) is 0 Å². The molecule has 1 N–H and O–H groups in total. The van der Waals surface area contributed by atoms with Gasteiger partial charge in [-0.2, -0.15) is 0 Å². The van der Waals surface area contributed by atoms with Gasteiger partial charge in [0.2, 0.25) is 0 Å². The average Bonchev–Trinajstić information content (AvgIpc) is 2.94. The summed E-state index contributed by atoms with van der Waals surface area (Å²) in [5, 5.41) is 3.47. The Labute approximate surface area is 92.3 Å². The van der Waals surface area contributed by atoms with E-state index in [0.29, 0.717) is 5.41 Å². The van der Waals surface area contributed by atoms with E-state index in [4.69, 9.17) is 16.3 Å². The molecule has 0 saturated heterocycles. The molecule has 2 nitrogen and oxygen atoms in total. The van der Waals surface area contributed by atoms with Gasteiger partial charge in [0.25, 0.3) is 0 Å². The van der Waals surface area contributed by atoms with Gasteiger partial charge in [0.05, 0.1) is 5.60 Å². The van der Waals surface area contributed by atoms with Gasteiger partial charge < -0.3 is 10.1 Å². The minimum absolute atomic E-state index is 0.00925. The fourth-order valence-electron chi connectivity index (χ4n) is 1.38. The number of alkyl halides is 1. The van der Waals surface area contributed by atoms with E-state index in [0.717, 1.165) is 25.4 Å². The molecule has 0 amide bonds. The maximum Gasteiger partial charge on any atom is 0.0634 e. The molecule has 0 spiro atoms. The van der Waals surface area contributed by atoms with E-state index in [-0.39, 0.29) is 5.60 Å². The van der Waals surface area contributed by atoms with Crippen LogP contribution in [0.2, 0.25) is 0 Å². The molecule has 0 unspecified atom stereocenters. The van der Waals surface area contributed by atoms with Crippen molar-refractivity contribution in [2.24, 2.45) is 5.41 Å². The summed E-state index contributed by atoms with van der Waals surface area (Å²) in [5.74, 6) is 0.799. The number of nitrogens with one attached hydrogen (secondary N) is 1. The number of rotatable bonds is 7. The van der Waals surface area contributed by atoms with Crippen molar-refractivity contribution in [2.75, 3.05) is 26.1 Å². The molecule has 0 aliphatic heterocycles. The van der Waals surface area contributed by atoms with E-state index < -0.39 is 0 Å². The first-order valence-corrected chi connectivity index (χ1v) is 5.89. The third kappa shape index (κ3) is 3.76. The fourth-order valence-corrected chi connectivity index (χ4v) is 1.74. The Hall–Kier alpha value is 0.210. The van der Waals surface area contributed by atoms with Crippen molar-refractivity contribution in [1.29, 1.82) is 0 Å². The second kappa shape index (κ2) is 4.82. The van der Waals surface area contributed by atoms with Crippen molar-refractivity contribution in [1.82, 2.24) is 5.32 Å². The Morgan fingerprint density at radius 1 is 1.43 bits per heavy atom. The van der Waals surface area contributed by atoms with Crippen LogP contribution in [0, 0.1) is 5.41 Å². The van der Waals surface area contributed by atoms with Crippen LogP contribution in [-0.2, 0) is 4.74 Å². The van der Waals surface area contributed by atoms with E-state index in [1.165, 1.54) is 12.8 Å². The SMILES string of the molecule is COC(C)(C)CCNCC1(CCl)CC1. The maximum absolute atomic E-state index is 5.89. The van der Waals surface area contributed by atoms with Crippen LogP contribution < -0.4 is 5.32 Å². The highest BCUT2D eigenvalue weighted by Crippen LogP contribution is 2.45. The molecule has 84 valence electrons. The zero-order chi connectivity index (χ0) is 10.7. The van der Waals surface area contributed by atoms with Crippen LogP contribution in [0.5, 0.6) is 0 Å². The van der Waals surface area contributed by atoms with E-state index in [2.05, 4.69) is 19.2 Å². The number of ether oxygens (including phenoxy) is 1. The number of hydrogen-bond donors (Lipinski definition) is 1. The summed E-state index contributed by atoms with van der Waals surface area (Å²) in [5.41, 5.74) is 0.420. The zero-order valence-electron chi connectivity index (χ0n) is 9.53. The van der Waals surface area contributed by atoms with Crippen LogP contribution in [0.4, 0.5) is 0 Å². The van der Waals surface area contributed by atoms with Crippen molar-refractivity contribution >= 4 is 11.6 Å². The Morgan fingerprint density at radius 3 is 2.50 bits per heavy atom. The van der Waals surface area contributed by atoms with Crippen LogP contribution in [-0.4, -0.2) is 31.7 Å². The Bertz CT molecular complexity index is 170. The molecule has 1 aliphatic rings. The highest BCUT2D eigenvalue weighted by Gasteiger charge is 2.41. The Morgan fingerprint density at radius 2 is 2.07 bits per heavy atom. The van der Waals surface area contributed by atoms with Gasteiger partial charge in [0.1, 0.15) is 0 Å². The molecule has 1 aliphatic carbocycles. The highest BCUT2D eigenvalue weighted by atomic mass is 35.5. The number of halogens is 1. The second-order valence-corrected chi connectivity index (χ2v) is 5.29. The summed E-state index contributed by atoms with van der Waals surface area (Å²) < 4.78 is 5.35. The minimum Gasteiger partial charge on any atom is -0.379 e. The first-order chi connectivity index (χ1) is 6.54. The van der Waals surface area contributed by atoms with Crippen LogP contribution in [0.15, 0.2) is 0 Å². The van der Waals surface area contributed by atoms with Gasteiger partial charge in [-0.1, -0.05) is 0 Å². The molecule has 0 aromatic heterocycles. The molecule has 1 fully saturated rings. The molecule has 1 rings (SSSR count). The number of methoxy groups -OCH3 is 1. The van der Waals surface area contributed by atoms with Crippen molar-refractivity contribution < 1.29 is 4.74 Å². The van der Waals surface area contributed by atoms with Crippen molar-refractivity contribution in [3.8, 4) is 0 Å². The monoisotopic (exact) mass is 219 g/mol. The molecular weight excluding hydrogens is 198 g/mol. The summed E-state index contributed by atoms with van der Waals surface area (Å²) >= 11 is 5.89. The van der Waals surface area contributed by atoms with Crippen LogP contribution >= 0.6 is 11.6 Å². The third-order valence-electron chi connectivity index (χ3n) is 3.20. The predicted octanol–water partition coefficient (Wildman–Crippen LogP) is 2.41. The lowest BCUT2D eigenvalue weighted by atomic mass is 10.0. The fraction of sp³-hybridized carbons (Fsp3) is 1.00. The van der Waals surface area contributed by atoms with Gasteiger partial charge in [-0.05, 0) is 45.1 Å². The summed E-state index contributed by atoms with van der Waals surface area (Å²) in [6.45, 7) is 6.31. The van der Waals surface area contributed by atoms with Gasteiger partial charge in [0, 0.05) is 19.5 Å². The van der Waals surface area contributed by atoms with Gasteiger partial charge in [-0.15, -0.1) is 11.6 Å². The molecule has 3 heteroatoms. The Kier molecular flexibility index (Phi) is 4.23. The molecule has 0 heterocycles. The maximum atomic E-state index is 5.89. The lowest BCUT2D eigenvalue weighted by molar-refractivity contribution is 0.0157. The quantitative estimate of drug-likeness (QED) is 0.525. The van der Waals surface area contributed by atoms with Crippen molar-refractivity contribution in [3.63, 3.8) is 0 Å². The number of hydrogen-bond acceptors (Lipinski definition) is 2. The normalized spacial score (nSPS) is 19.7. The lowest BCUT2D eigenvalue weighted by Crippen LogP contribution is -2.32. The molecule has 14 heavy (non-hydrogen) atoms. The molecule has 0 bridgehead atoms. The summed E-state index contributed by atoms with van der Waals surface area (Å²) in [6.07, 6.45) is 3.62. The summed E-state index contributed by atoms with van der Waals surface area (Å²) in [6, 6.07) is 0. The van der Waals surface area contributed by atoms with Gasteiger partial charge in [-0.3, -0.25) is 0 Å². The average molecular weight is 220 g/mol. The van der Waals surface area contributed by atoms with Gasteiger partial charge in [0.15, 0.2) is 0 Å². The predicted molar refractivity (Wildman–Crippen MR) is 61.0 cm³/mol.